The Balaban J connectivity index is 1.95. The number of hydrogen-bond donors (Lipinski definition) is 3. The van der Waals surface area contributed by atoms with Crippen LogP contribution in [0.4, 0.5) is 15.3 Å². The number of nitrogens with one attached hydrogen (secondary N) is 2. The quantitative estimate of drug-likeness (QED) is 0.676. The Labute approximate surface area is 168 Å². The number of alkyl carbamates (subject to hydrolysis) is 1. The van der Waals surface area contributed by atoms with Crippen molar-refractivity contribution in [2.75, 3.05) is 5.32 Å². The van der Waals surface area contributed by atoms with Crippen molar-refractivity contribution in [3.8, 4) is 0 Å². The highest BCUT2D eigenvalue weighted by atomic mass is 16.6. The van der Waals surface area contributed by atoms with Gasteiger partial charge in [-0.3, -0.25) is 10.3 Å². The van der Waals surface area contributed by atoms with E-state index in [2.05, 4.69) is 15.6 Å². The summed E-state index contributed by atoms with van der Waals surface area (Å²) in [6, 6.07) is 10.6. The third kappa shape index (κ3) is 7.49. The molecule has 0 radical (unpaired) electrons. The summed E-state index contributed by atoms with van der Waals surface area (Å²) in [6.45, 7) is 5.10. The van der Waals surface area contributed by atoms with Gasteiger partial charge in [-0.25, -0.2) is 14.4 Å². The zero-order valence-electron chi connectivity index (χ0n) is 16.3. The number of aliphatic carboxylic acids is 1. The van der Waals surface area contributed by atoms with Crippen LogP contribution in [0.25, 0.3) is 0 Å². The number of nitrogens with zero attached hydrogens (tertiary/aromatic N) is 1. The average Bonchev–Trinajstić information content (AvgIpc) is 2.64. The van der Waals surface area contributed by atoms with Crippen LogP contribution in [0, 0.1) is 0 Å². The molecule has 0 saturated heterocycles. The number of pyridine rings is 1. The first-order valence-electron chi connectivity index (χ1n) is 8.80. The van der Waals surface area contributed by atoms with Crippen molar-refractivity contribution in [1.82, 2.24) is 10.3 Å². The molecule has 29 heavy (non-hydrogen) atoms. The van der Waals surface area contributed by atoms with Gasteiger partial charge in [-0.15, -0.1) is 0 Å². The van der Waals surface area contributed by atoms with Gasteiger partial charge in [0.2, 0.25) is 0 Å². The molecule has 2 aromatic rings. The summed E-state index contributed by atoms with van der Waals surface area (Å²) in [5, 5.41) is 14.1. The van der Waals surface area contributed by atoms with Gasteiger partial charge < -0.3 is 19.9 Å². The zero-order valence-corrected chi connectivity index (χ0v) is 16.3. The fourth-order valence-electron chi connectivity index (χ4n) is 2.21. The molecule has 0 aliphatic rings. The highest BCUT2D eigenvalue weighted by Gasteiger charge is 2.26. The number of ether oxygens (including phenoxy) is 2. The fourth-order valence-corrected chi connectivity index (χ4v) is 2.21. The summed E-state index contributed by atoms with van der Waals surface area (Å²) in [4.78, 5) is 39.2. The van der Waals surface area contributed by atoms with Crippen LogP contribution in [0.1, 0.15) is 38.1 Å². The Hall–Kier alpha value is -3.62. The van der Waals surface area contributed by atoms with E-state index < -0.39 is 29.8 Å². The van der Waals surface area contributed by atoms with Gasteiger partial charge in [0.15, 0.2) is 6.04 Å². The Morgan fingerprint density at radius 1 is 1.07 bits per heavy atom. The van der Waals surface area contributed by atoms with Crippen molar-refractivity contribution in [1.29, 1.82) is 0 Å². The Bertz CT molecular complexity index is 847. The maximum absolute atomic E-state index is 11.9. The second-order valence-corrected chi connectivity index (χ2v) is 7.08. The first kappa shape index (κ1) is 21.7. The summed E-state index contributed by atoms with van der Waals surface area (Å²) in [5.41, 5.74) is 0.461. The van der Waals surface area contributed by atoms with Crippen molar-refractivity contribution in [2.45, 2.75) is 39.0 Å². The lowest BCUT2D eigenvalue weighted by Crippen LogP contribution is -2.38. The van der Waals surface area contributed by atoms with E-state index in [1.54, 1.807) is 20.8 Å². The lowest BCUT2D eigenvalue weighted by atomic mass is 10.2. The molecule has 2 rings (SSSR count). The van der Waals surface area contributed by atoms with E-state index in [-0.39, 0.29) is 12.3 Å². The van der Waals surface area contributed by atoms with Crippen LogP contribution in [-0.4, -0.2) is 33.8 Å². The number of hydrogen-bond acceptors (Lipinski definition) is 6. The maximum Gasteiger partial charge on any atom is 0.412 e. The third-order valence-electron chi connectivity index (χ3n) is 3.45. The molecule has 0 fully saturated rings. The van der Waals surface area contributed by atoms with Gasteiger partial charge in [-0.05, 0) is 38.5 Å². The number of carboxylic acids is 1. The molecule has 9 nitrogen and oxygen atoms in total. The van der Waals surface area contributed by atoms with E-state index in [4.69, 9.17) is 9.47 Å². The number of carbonyl (C=O) groups is 3. The predicted octanol–water partition coefficient (Wildman–Crippen LogP) is 3.48. The summed E-state index contributed by atoms with van der Waals surface area (Å²) in [6.07, 6.45) is -0.283. The first-order chi connectivity index (χ1) is 13.6. The summed E-state index contributed by atoms with van der Waals surface area (Å²) in [7, 11) is 0. The average molecular weight is 401 g/mol. The standard InChI is InChI=1S/C20H23N3O6/c1-20(2,3)29-19(27)23-16(17(24)25)15-10-9-14(11-21-15)22-18(26)28-12-13-7-5-4-6-8-13/h4-11,16H,12H2,1-3H3,(H,22,26)(H,23,27)(H,24,25). The molecular formula is C20H23N3O6. The molecule has 0 saturated carbocycles. The summed E-state index contributed by atoms with van der Waals surface area (Å²) < 4.78 is 10.2. The molecule has 2 amide bonds. The van der Waals surface area contributed by atoms with E-state index in [0.29, 0.717) is 5.69 Å². The van der Waals surface area contributed by atoms with Gasteiger partial charge in [-0.2, -0.15) is 0 Å². The van der Waals surface area contributed by atoms with Crippen LogP contribution >= 0.6 is 0 Å². The Morgan fingerprint density at radius 2 is 1.76 bits per heavy atom. The minimum Gasteiger partial charge on any atom is -0.479 e. The van der Waals surface area contributed by atoms with Crippen LogP contribution in [0.5, 0.6) is 0 Å². The summed E-state index contributed by atoms with van der Waals surface area (Å²) >= 11 is 0. The van der Waals surface area contributed by atoms with Crippen molar-refractivity contribution in [2.24, 2.45) is 0 Å². The summed E-state index contributed by atoms with van der Waals surface area (Å²) in [5.74, 6) is -1.30. The van der Waals surface area contributed by atoms with Crippen molar-refractivity contribution < 1.29 is 29.0 Å². The molecule has 1 aromatic carbocycles. The predicted molar refractivity (Wildman–Crippen MR) is 104 cm³/mol. The Morgan fingerprint density at radius 3 is 2.31 bits per heavy atom. The topological polar surface area (TPSA) is 127 Å². The van der Waals surface area contributed by atoms with Gasteiger partial charge >= 0.3 is 18.2 Å². The van der Waals surface area contributed by atoms with E-state index in [0.717, 1.165) is 5.56 Å². The molecule has 0 aliphatic heterocycles. The number of carbonyl (C=O) groups excluding carboxylic acids is 2. The normalized spacial score (nSPS) is 11.8. The third-order valence-corrected chi connectivity index (χ3v) is 3.45. The largest absolute Gasteiger partial charge is 0.479 e. The van der Waals surface area contributed by atoms with Crippen molar-refractivity contribution in [3.63, 3.8) is 0 Å². The number of aromatic nitrogens is 1. The second kappa shape index (κ2) is 9.54. The molecule has 3 N–H and O–H groups in total. The van der Waals surface area contributed by atoms with Crippen LogP contribution in [0.2, 0.25) is 0 Å². The molecule has 154 valence electrons. The highest BCUT2D eigenvalue weighted by molar-refractivity contribution is 5.84. The molecular weight excluding hydrogens is 378 g/mol. The van der Waals surface area contributed by atoms with Crippen LogP contribution in [0.3, 0.4) is 0 Å². The molecule has 1 heterocycles. The second-order valence-electron chi connectivity index (χ2n) is 7.08. The number of anilines is 1. The maximum atomic E-state index is 11.9. The van der Waals surface area contributed by atoms with Gasteiger partial charge in [0.05, 0.1) is 17.6 Å². The zero-order chi connectivity index (χ0) is 21.4. The molecule has 1 aromatic heterocycles. The molecule has 1 unspecified atom stereocenters. The Kier molecular flexibility index (Phi) is 7.13. The number of carboxylic acid groups (broad SMARTS) is 1. The molecule has 0 spiro atoms. The monoisotopic (exact) mass is 401 g/mol. The van der Waals surface area contributed by atoms with Crippen LogP contribution in [-0.2, 0) is 20.9 Å². The number of amides is 2. The molecule has 0 bridgehead atoms. The lowest BCUT2D eigenvalue weighted by molar-refractivity contribution is -0.139. The van der Waals surface area contributed by atoms with Gasteiger partial charge in [0.25, 0.3) is 0 Å². The smallest absolute Gasteiger partial charge is 0.412 e. The van der Waals surface area contributed by atoms with Gasteiger partial charge in [0, 0.05) is 0 Å². The lowest BCUT2D eigenvalue weighted by Gasteiger charge is -2.21. The van der Waals surface area contributed by atoms with Crippen LogP contribution in [0.15, 0.2) is 48.7 Å². The number of rotatable bonds is 6. The first-order valence-corrected chi connectivity index (χ1v) is 8.80. The minimum absolute atomic E-state index is 0.0755. The van der Waals surface area contributed by atoms with E-state index >= 15 is 0 Å². The van der Waals surface area contributed by atoms with Crippen molar-refractivity contribution >= 4 is 23.8 Å². The van der Waals surface area contributed by atoms with E-state index in [1.807, 2.05) is 30.3 Å². The molecule has 0 aliphatic carbocycles. The van der Waals surface area contributed by atoms with E-state index in [1.165, 1.54) is 18.3 Å². The van der Waals surface area contributed by atoms with Gasteiger partial charge in [0.1, 0.15) is 12.2 Å². The van der Waals surface area contributed by atoms with Crippen LogP contribution < -0.4 is 10.6 Å². The molecule has 1 atom stereocenters. The number of benzene rings is 1. The van der Waals surface area contributed by atoms with Gasteiger partial charge in [-0.1, -0.05) is 30.3 Å². The van der Waals surface area contributed by atoms with E-state index in [9.17, 15) is 19.5 Å². The SMILES string of the molecule is CC(C)(C)OC(=O)NC(C(=O)O)c1ccc(NC(=O)OCc2ccccc2)cn1. The fraction of sp³-hybridized carbons (Fsp3) is 0.300. The minimum atomic E-state index is -1.40. The van der Waals surface area contributed by atoms with Crippen molar-refractivity contribution in [3.05, 3.63) is 59.9 Å². The highest BCUT2D eigenvalue weighted by Crippen LogP contribution is 2.16. The molecule has 9 heteroatoms.